The van der Waals surface area contributed by atoms with Gasteiger partial charge in [-0.3, -0.25) is 0 Å². The topological polar surface area (TPSA) is 39.9 Å². The molecule has 4 heteroatoms. The molecule has 6 aromatic rings. The number of aromatic nitrogens is 3. The first kappa shape index (κ1) is 27.4. The molecule has 4 aromatic carbocycles. The van der Waals surface area contributed by atoms with Crippen molar-refractivity contribution in [2.24, 2.45) is 5.92 Å². The minimum atomic E-state index is -0.0311. The molecule has 2 unspecified atom stereocenters. The number of para-hydroxylation sites is 1. The highest BCUT2D eigenvalue weighted by molar-refractivity contribution is 5.94. The normalized spacial score (nSPS) is 18.8. The van der Waals surface area contributed by atoms with Gasteiger partial charge >= 0.3 is 0 Å². The molecule has 0 saturated heterocycles. The Labute approximate surface area is 279 Å². The van der Waals surface area contributed by atoms with Crippen LogP contribution in [0.3, 0.4) is 0 Å². The van der Waals surface area contributed by atoms with Gasteiger partial charge in [-0.1, -0.05) is 103 Å². The van der Waals surface area contributed by atoms with Crippen LogP contribution in [0.2, 0.25) is 0 Å². The van der Waals surface area contributed by atoms with Gasteiger partial charge in [0.25, 0.3) is 0 Å². The zero-order valence-corrected chi connectivity index (χ0v) is 26.5. The van der Waals surface area contributed by atoms with Crippen molar-refractivity contribution in [3.8, 4) is 39.5 Å². The molecule has 2 atom stereocenters. The highest BCUT2D eigenvalue weighted by Gasteiger charge is 2.41. The molecule has 4 nitrogen and oxygen atoms in total. The smallest absolute Gasteiger partial charge is 0.160 e. The van der Waals surface area contributed by atoms with E-state index in [1.807, 2.05) is 0 Å². The van der Waals surface area contributed by atoms with Crippen LogP contribution in [0.5, 0.6) is 0 Å². The molecule has 0 saturated carbocycles. The van der Waals surface area contributed by atoms with Gasteiger partial charge in [0.2, 0.25) is 0 Å². The van der Waals surface area contributed by atoms with Crippen molar-refractivity contribution in [1.29, 1.82) is 0 Å². The Morgan fingerprint density at radius 2 is 1.42 bits per heavy atom. The molecule has 0 bridgehead atoms. The summed E-state index contributed by atoms with van der Waals surface area (Å²) in [4.78, 5) is 10.3. The van der Waals surface area contributed by atoms with Crippen molar-refractivity contribution in [2.45, 2.75) is 31.8 Å². The number of hydrogen-bond donors (Lipinski definition) is 0. The van der Waals surface area contributed by atoms with Crippen molar-refractivity contribution >= 4 is 29.1 Å². The first-order valence-corrected chi connectivity index (χ1v) is 17.0. The third kappa shape index (κ3) is 4.29. The van der Waals surface area contributed by atoms with E-state index in [1.54, 1.807) is 0 Å². The molecular weight excluding hydrogens is 587 g/mol. The third-order valence-corrected chi connectivity index (χ3v) is 10.3. The Balaban J connectivity index is 1.06. The summed E-state index contributed by atoms with van der Waals surface area (Å²) < 4.78 is 9.13. The Morgan fingerprint density at radius 1 is 0.667 bits per heavy atom. The average molecular weight is 620 g/mol. The summed E-state index contributed by atoms with van der Waals surface area (Å²) in [6, 6.07) is 36.8. The van der Waals surface area contributed by atoms with Crippen LogP contribution < -0.4 is 10.6 Å². The van der Waals surface area contributed by atoms with Crippen LogP contribution in [0.1, 0.15) is 43.0 Å². The molecule has 2 aromatic heterocycles. The quantitative estimate of drug-likeness (QED) is 0.198. The molecule has 48 heavy (non-hydrogen) atoms. The van der Waals surface area contributed by atoms with Crippen molar-refractivity contribution in [3.05, 3.63) is 155 Å². The highest BCUT2D eigenvalue weighted by Crippen LogP contribution is 2.51. The van der Waals surface area contributed by atoms with E-state index in [9.17, 15) is 0 Å². The van der Waals surface area contributed by atoms with Crippen LogP contribution in [-0.4, -0.2) is 14.5 Å². The SMILES string of the molecule is C1=CC2=C(CC1)C1C=Cc3c(n(-c4ccc(-c5nc(-c6ccc(-c7ccccc7)cc6)c6c(n5)=CCCC=6)cc4)c4ccccc34)C1O2. The fourth-order valence-corrected chi connectivity index (χ4v) is 8.01. The molecule has 3 heterocycles. The van der Waals surface area contributed by atoms with E-state index in [4.69, 9.17) is 14.7 Å². The molecular formula is C44H33N3O. The summed E-state index contributed by atoms with van der Waals surface area (Å²) in [6.07, 6.45) is 17.8. The van der Waals surface area contributed by atoms with E-state index in [2.05, 4.69) is 144 Å². The van der Waals surface area contributed by atoms with E-state index in [1.165, 1.54) is 38.9 Å². The summed E-state index contributed by atoms with van der Waals surface area (Å²) in [5.74, 6) is 2.08. The zero-order valence-electron chi connectivity index (χ0n) is 26.5. The van der Waals surface area contributed by atoms with Crippen LogP contribution in [0, 0.1) is 5.92 Å². The second-order valence-electron chi connectivity index (χ2n) is 13.1. The largest absolute Gasteiger partial charge is 0.483 e. The van der Waals surface area contributed by atoms with Gasteiger partial charge in [0.15, 0.2) is 5.82 Å². The Bertz CT molecular complexity index is 2460. The summed E-state index contributed by atoms with van der Waals surface area (Å²) >= 11 is 0. The van der Waals surface area contributed by atoms with Crippen LogP contribution >= 0.6 is 0 Å². The first-order valence-electron chi connectivity index (χ1n) is 17.0. The molecule has 3 aliphatic carbocycles. The lowest BCUT2D eigenvalue weighted by atomic mass is 9.83. The number of allylic oxidation sites excluding steroid dienone is 2. The lowest BCUT2D eigenvalue weighted by Crippen LogP contribution is -2.33. The van der Waals surface area contributed by atoms with E-state index < -0.39 is 0 Å². The van der Waals surface area contributed by atoms with Crippen LogP contribution in [0.15, 0.2) is 133 Å². The van der Waals surface area contributed by atoms with Crippen molar-refractivity contribution in [3.63, 3.8) is 0 Å². The Hall–Kier alpha value is -5.74. The summed E-state index contributed by atoms with van der Waals surface area (Å²) in [5.41, 5.74) is 11.7. The van der Waals surface area contributed by atoms with Crippen molar-refractivity contribution in [1.82, 2.24) is 14.5 Å². The van der Waals surface area contributed by atoms with Gasteiger partial charge in [0, 0.05) is 38.9 Å². The number of hydrogen-bond acceptors (Lipinski definition) is 3. The fourth-order valence-electron chi connectivity index (χ4n) is 8.01. The minimum Gasteiger partial charge on any atom is -0.483 e. The number of ether oxygens (including phenoxy) is 1. The molecule has 0 N–H and O–H groups in total. The van der Waals surface area contributed by atoms with Crippen LogP contribution in [0.4, 0.5) is 0 Å². The Morgan fingerprint density at radius 3 is 2.29 bits per heavy atom. The average Bonchev–Trinajstić information content (AvgIpc) is 3.71. The number of fused-ring (bicyclic) bond motifs is 7. The predicted molar refractivity (Wildman–Crippen MR) is 194 cm³/mol. The number of rotatable bonds is 4. The van der Waals surface area contributed by atoms with Gasteiger partial charge in [-0.25, -0.2) is 9.97 Å². The predicted octanol–water partition coefficient (Wildman–Crippen LogP) is 9.09. The standard InChI is InChI=1S/C44H33N3O/c1-2-10-28(11-3-1)29-18-20-30(21-19-29)41-37-14-4-7-15-38(37)45-44(46-41)31-22-24-32(25-23-31)47-39-16-8-5-12-33(39)35-26-27-36-34-13-6-9-17-40(34)48-43(36)42(35)47/h1-3,5,8-12,14-27,36,43H,4,6-7,13H2. The molecule has 0 spiro atoms. The molecule has 0 amide bonds. The lowest BCUT2D eigenvalue weighted by Gasteiger charge is -2.25. The molecule has 4 aliphatic rings. The summed E-state index contributed by atoms with van der Waals surface area (Å²) in [5, 5.41) is 3.40. The second kappa shape index (κ2) is 10.9. The molecule has 10 rings (SSSR count). The zero-order chi connectivity index (χ0) is 31.6. The Kier molecular flexibility index (Phi) is 6.23. The number of benzene rings is 4. The van der Waals surface area contributed by atoms with Crippen molar-refractivity contribution < 1.29 is 4.74 Å². The van der Waals surface area contributed by atoms with E-state index in [0.717, 1.165) is 70.3 Å². The van der Waals surface area contributed by atoms with Crippen molar-refractivity contribution in [2.75, 3.05) is 0 Å². The molecule has 0 fully saturated rings. The van der Waals surface area contributed by atoms with Gasteiger partial charge in [0.1, 0.15) is 11.9 Å². The van der Waals surface area contributed by atoms with Gasteiger partial charge in [-0.15, -0.1) is 0 Å². The maximum atomic E-state index is 6.72. The molecule has 0 radical (unpaired) electrons. The van der Waals surface area contributed by atoms with Crippen LogP contribution in [-0.2, 0) is 4.74 Å². The van der Waals surface area contributed by atoms with E-state index in [0.29, 0.717) is 0 Å². The van der Waals surface area contributed by atoms with Gasteiger partial charge in [-0.05, 0) is 78.8 Å². The minimum absolute atomic E-state index is 0.0311. The second-order valence-corrected chi connectivity index (χ2v) is 13.1. The van der Waals surface area contributed by atoms with Gasteiger partial charge in [0.05, 0.1) is 22.3 Å². The monoisotopic (exact) mass is 619 g/mol. The van der Waals surface area contributed by atoms with E-state index >= 15 is 0 Å². The highest BCUT2D eigenvalue weighted by atomic mass is 16.5. The summed E-state index contributed by atoms with van der Waals surface area (Å²) in [7, 11) is 0. The molecule has 1 aliphatic heterocycles. The van der Waals surface area contributed by atoms with E-state index in [-0.39, 0.29) is 12.0 Å². The first-order chi connectivity index (χ1) is 23.8. The fraction of sp³-hybridized carbons (Fsp3) is 0.136. The lowest BCUT2D eigenvalue weighted by molar-refractivity contribution is 0.127. The van der Waals surface area contributed by atoms with Gasteiger partial charge in [-0.2, -0.15) is 0 Å². The molecule has 230 valence electrons. The number of nitrogens with zero attached hydrogens (tertiary/aromatic N) is 3. The third-order valence-electron chi connectivity index (χ3n) is 10.3. The maximum Gasteiger partial charge on any atom is 0.160 e. The summed E-state index contributed by atoms with van der Waals surface area (Å²) in [6.45, 7) is 0. The maximum absolute atomic E-state index is 6.72. The van der Waals surface area contributed by atoms with Crippen LogP contribution in [0.25, 0.3) is 68.6 Å². The van der Waals surface area contributed by atoms with Gasteiger partial charge < -0.3 is 9.30 Å².